The molecule has 0 amide bonds. The molecule has 0 aliphatic carbocycles. The molecule has 0 aliphatic rings. The average Bonchev–Trinajstić information content (AvgIpc) is 3.56. The van der Waals surface area contributed by atoms with Gasteiger partial charge >= 0.3 is 11.9 Å². The van der Waals surface area contributed by atoms with Crippen LogP contribution in [0.1, 0.15) is 71.2 Å². The molecule has 8 heteroatoms. The van der Waals surface area contributed by atoms with Crippen molar-refractivity contribution in [3.63, 3.8) is 0 Å². The zero-order chi connectivity index (χ0) is 27.1. The summed E-state index contributed by atoms with van der Waals surface area (Å²) in [6.45, 7) is 4.09. The lowest BCUT2D eigenvalue weighted by molar-refractivity contribution is -0.140. The number of nitrogens with zero attached hydrogens (tertiary/aromatic N) is 2. The fourth-order valence-electron chi connectivity index (χ4n) is 4.41. The van der Waals surface area contributed by atoms with Gasteiger partial charge in [0.05, 0.1) is 23.2 Å². The summed E-state index contributed by atoms with van der Waals surface area (Å²) in [5, 5.41) is 24.5. The number of carboxylic acid groups (broad SMARTS) is 2. The Bertz CT molecular complexity index is 1250. The van der Waals surface area contributed by atoms with Crippen LogP contribution in [0, 0.1) is 13.8 Å². The zero-order valence-electron chi connectivity index (χ0n) is 21.6. The lowest BCUT2D eigenvalue weighted by atomic mass is 9.97. The van der Waals surface area contributed by atoms with Crippen molar-refractivity contribution in [2.45, 2.75) is 64.2 Å². The topological polar surface area (TPSA) is 100 Å². The maximum absolute atomic E-state index is 12.0. The smallest absolute Gasteiger partial charge is 0.312 e. The van der Waals surface area contributed by atoms with E-state index in [9.17, 15) is 19.8 Å². The predicted octanol–water partition coefficient (Wildman–Crippen LogP) is 7.27. The molecule has 2 heterocycles. The summed E-state index contributed by atoms with van der Waals surface area (Å²) in [5.74, 6) is -3.13. The number of rotatable bonds is 13. The van der Waals surface area contributed by atoms with Crippen LogP contribution in [0.4, 0.5) is 0 Å². The minimum Gasteiger partial charge on any atom is -0.481 e. The van der Waals surface area contributed by atoms with E-state index in [1.54, 1.807) is 10.8 Å². The van der Waals surface area contributed by atoms with Gasteiger partial charge in [-0.3, -0.25) is 9.59 Å². The van der Waals surface area contributed by atoms with E-state index < -0.39 is 23.8 Å². The normalized spacial score (nSPS) is 12.8. The van der Waals surface area contributed by atoms with Crippen molar-refractivity contribution in [1.82, 2.24) is 9.97 Å². The lowest BCUT2D eigenvalue weighted by Gasteiger charge is -2.10. The summed E-state index contributed by atoms with van der Waals surface area (Å²) in [7, 11) is 0. The Hall–Kier alpha value is -3.36. The molecule has 0 spiro atoms. The molecule has 0 saturated heterocycles. The number of hydrogen-bond acceptors (Lipinski definition) is 6. The first kappa shape index (κ1) is 27.7. The molecule has 0 aliphatic heterocycles. The second kappa shape index (κ2) is 12.9. The minimum atomic E-state index is -0.884. The van der Waals surface area contributed by atoms with Crippen LogP contribution < -0.4 is 0 Å². The Balaban J connectivity index is 1.38. The third kappa shape index (κ3) is 7.36. The average molecular weight is 549 g/mol. The highest BCUT2D eigenvalue weighted by Crippen LogP contribution is 2.34. The van der Waals surface area contributed by atoms with Gasteiger partial charge in [0, 0.05) is 10.8 Å². The van der Waals surface area contributed by atoms with E-state index in [4.69, 9.17) is 0 Å². The van der Waals surface area contributed by atoms with Crippen molar-refractivity contribution in [1.29, 1.82) is 0 Å². The van der Waals surface area contributed by atoms with E-state index >= 15 is 0 Å². The molecule has 0 radical (unpaired) electrons. The quantitative estimate of drug-likeness (QED) is 0.182. The molecule has 4 aromatic rings. The van der Waals surface area contributed by atoms with E-state index in [1.165, 1.54) is 44.9 Å². The number of hydrogen-bond donors (Lipinski definition) is 2. The van der Waals surface area contributed by atoms with E-state index in [2.05, 4.69) is 58.5 Å². The third-order valence-corrected chi connectivity index (χ3v) is 8.56. The Morgan fingerprint density at radius 1 is 0.684 bits per heavy atom. The molecule has 2 atom stereocenters. The van der Waals surface area contributed by atoms with Gasteiger partial charge in [0.25, 0.3) is 0 Å². The fraction of sp³-hybridized carbons (Fsp3) is 0.333. The molecule has 4 rings (SSSR count). The van der Waals surface area contributed by atoms with Gasteiger partial charge in [0.1, 0.15) is 0 Å². The highest BCUT2D eigenvalue weighted by atomic mass is 32.1. The Morgan fingerprint density at radius 3 is 1.39 bits per heavy atom. The summed E-state index contributed by atoms with van der Waals surface area (Å²) in [6.07, 6.45) is 4.12. The summed E-state index contributed by atoms with van der Waals surface area (Å²) >= 11 is 2.71. The van der Waals surface area contributed by atoms with E-state index in [0.29, 0.717) is 34.2 Å². The zero-order valence-corrected chi connectivity index (χ0v) is 23.2. The minimum absolute atomic E-state index is 0.498. The molecule has 0 saturated carbocycles. The van der Waals surface area contributed by atoms with Gasteiger partial charge in [0.2, 0.25) is 0 Å². The van der Waals surface area contributed by atoms with Crippen LogP contribution in [-0.2, 0) is 22.4 Å². The summed E-state index contributed by atoms with van der Waals surface area (Å²) in [5.41, 5.74) is 5.86. The van der Waals surface area contributed by atoms with Gasteiger partial charge in [-0.05, 0) is 63.5 Å². The van der Waals surface area contributed by atoms with Crippen LogP contribution in [0.15, 0.2) is 59.3 Å². The molecule has 2 N–H and O–H groups in total. The number of aryl methyl sites for hydroxylation is 4. The van der Waals surface area contributed by atoms with E-state index in [-0.39, 0.29) is 0 Å². The number of carboxylic acids is 2. The second-order valence-corrected chi connectivity index (χ2v) is 11.4. The summed E-state index contributed by atoms with van der Waals surface area (Å²) in [4.78, 5) is 33.2. The maximum atomic E-state index is 12.0. The van der Waals surface area contributed by atoms with Crippen molar-refractivity contribution in [2.24, 2.45) is 0 Å². The number of carbonyl (C=O) groups is 2. The molecule has 2 aromatic heterocycles. The van der Waals surface area contributed by atoms with Crippen molar-refractivity contribution in [3.05, 3.63) is 92.9 Å². The van der Waals surface area contributed by atoms with Gasteiger partial charge in [0.15, 0.2) is 10.0 Å². The standard InChI is InChI=1S/C30H32N2O4S2/c1-19-9-13-21(14-10-19)5-3-7-23(29(33)34)25-17-37-27(31-25)28-32-26(18-38-28)24(30(35)36)8-4-6-22-15-11-20(2)12-16-22/h9-18,23-24H,3-8H2,1-2H3,(H,33,34)(H,35,36). The highest BCUT2D eigenvalue weighted by molar-refractivity contribution is 7.19. The number of aliphatic carboxylic acids is 2. The van der Waals surface area contributed by atoms with Gasteiger partial charge in [-0.1, -0.05) is 59.7 Å². The fourth-order valence-corrected chi connectivity index (χ4v) is 6.21. The largest absolute Gasteiger partial charge is 0.481 e. The summed E-state index contributed by atoms with van der Waals surface area (Å²) in [6, 6.07) is 16.6. The van der Waals surface area contributed by atoms with Crippen molar-refractivity contribution in [2.75, 3.05) is 0 Å². The summed E-state index contributed by atoms with van der Waals surface area (Å²) < 4.78 is 0. The van der Waals surface area contributed by atoms with Crippen LogP contribution in [-0.4, -0.2) is 32.1 Å². The monoisotopic (exact) mass is 548 g/mol. The highest BCUT2D eigenvalue weighted by Gasteiger charge is 2.26. The maximum Gasteiger partial charge on any atom is 0.312 e. The lowest BCUT2D eigenvalue weighted by Crippen LogP contribution is -2.13. The van der Waals surface area contributed by atoms with Crippen molar-refractivity contribution < 1.29 is 19.8 Å². The van der Waals surface area contributed by atoms with Crippen LogP contribution in [0.5, 0.6) is 0 Å². The third-order valence-electron chi connectivity index (χ3n) is 6.69. The molecule has 6 nitrogen and oxygen atoms in total. The van der Waals surface area contributed by atoms with E-state index in [0.717, 1.165) is 25.7 Å². The predicted molar refractivity (Wildman–Crippen MR) is 152 cm³/mol. The first-order chi connectivity index (χ1) is 18.3. The molecule has 38 heavy (non-hydrogen) atoms. The van der Waals surface area contributed by atoms with Gasteiger partial charge in [-0.15, -0.1) is 22.7 Å². The number of thiazole rings is 2. The first-order valence-electron chi connectivity index (χ1n) is 12.8. The molecule has 198 valence electrons. The Labute approximate surface area is 231 Å². The number of benzene rings is 2. The van der Waals surface area contributed by atoms with Crippen molar-refractivity contribution in [3.8, 4) is 10.0 Å². The van der Waals surface area contributed by atoms with Gasteiger partial charge in [-0.2, -0.15) is 0 Å². The van der Waals surface area contributed by atoms with Crippen LogP contribution in [0.2, 0.25) is 0 Å². The second-order valence-electron chi connectivity index (χ2n) is 9.69. The van der Waals surface area contributed by atoms with E-state index in [1.807, 2.05) is 13.8 Å². The van der Waals surface area contributed by atoms with Gasteiger partial charge in [-0.25, -0.2) is 9.97 Å². The molecular formula is C30H32N2O4S2. The first-order valence-corrected chi connectivity index (χ1v) is 14.5. The van der Waals surface area contributed by atoms with Crippen LogP contribution >= 0.6 is 22.7 Å². The Morgan fingerprint density at radius 2 is 1.05 bits per heavy atom. The van der Waals surface area contributed by atoms with Crippen LogP contribution in [0.25, 0.3) is 10.0 Å². The molecule has 0 fully saturated rings. The van der Waals surface area contributed by atoms with Crippen LogP contribution in [0.3, 0.4) is 0 Å². The number of aromatic nitrogens is 2. The molecule has 2 unspecified atom stereocenters. The molecular weight excluding hydrogens is 516 g/mol. The molecule has 0 bridgehead atoms. The van der Waals surface area contributed by atoms with Crippen molar-refractivity contribution >= 4 is 34.6 Å². The molecule has 2 aromatic carbocycles. The Kier molecular flexibility index (Phi) is 9.42. The SMILES string of the molecule is Cc1ccc(CCCC(C(=O)O)c2csc(-c3nc(C(CCCc4ccc(C)cc4)C(=O)O)cs3)n2)cc1. The van der Waals surface area contributed by atoms with Gasteiger partial charge < -0.3 is 10.2 Å².